The first-order valence-electron chi connectivity index (χ1n) is 4.22. The SMILES string of the molecule is C#CC1(c2c(F)ccc(F)c2F)CC1. The van der Waals surface area contributed by atoms with Crippen LogP contribution in [0.2, 0.25) is 0 Å². The van der Waals surface area contributed by atoms with Crippen molar-refractivity contribution in [2.24, 2.45) is 0 Å². The quantitative estimate of drug-likeness (QED) is 0.478. The van der Waals surface area contributed by atoms with Crippen LogP contribution in [0.4, 0.5) is 13.2 Å². The van der Waals surface area contributed by atoms with Gasteiger partial charge in [-0.1, -0.05) is 5.92 Å². The van der Waals surface area contributed by atoms with Gasteiger partial charge in [-0.25, -0.2) is 13.2 Å². The molecule has 0 bridgehead atoms. The maximum absolute atomic E-state index is 13.3. The van der Waals surface area contributed by atoms with Crippen LogP contribution in [-0.4, -0.2) is 0 Å². The summed E-state index contributed by atoms with van der Waals surface area (Å²) in [6, 6.07) is 1.67. The maximum atomic E-state index is 13.3. The minimum Gasteiger partial charge on any atom is -0.207 e. The Kier molecular flexibility index (Phi) is 1.81. The molecule has 0 aliphatic heterocycles. The van der Waals surface area contributed by atoms with E-state index in [1.807, 2.05) is 0 Å². The minimum absolute atomic E-state index is 0.292. The third kappa shape index (κ3) is 1.11. The van der Waals surface area contributed by atoms with Crippen molar-refractivity contribution in [2.45, 2.75) is 18.3 Å². The molecule has 72 valence electrons. The number of benzene rings is 1. The molecule has 0 unspecified atom stereocenters. The molecule has 0 spiro atoms. The largest absolute Gasteiger partial charge is 0.207 e. The summed E-state index contributed by atoms with van der Waals surface area (Å²) in [6.45, 7) is 0. The van der Waals surface area contributed by atoms with Crippen LogP contribution in [0.15, 0.2) is 12.1 Å². The molecule has 1 aliphatic carbocycles. The molecule has 1 saturated carbocycles. The molecule has 1 fully saturated rings. The van der Waals surface area contributed by atoms with E-state index < -0.39 is 22.9 Å². The Balaban J connectivity index is 2.64. The van der Waals surface area contributed by atoms with Crippen molar-refractivity contribution < 1.29 is 13.2 Å². The van der Waals surface area contributed by atoms with Crippen LogP contribution in [0, 0.1) is 29.8 Å². The first-order chi connectivity index (χ1) is 6.60. The summed E-state index contributed by atoms with van der Waals surface area (Å²) >= 11 is 0. The van der Waals surface area contributed by atoms with Gasteiger partial charge in [0.15, 0.2) is 11.6 Å². The molecule has 0 atom stereocenters. The fraction of sp³-hybridized carbons (Fsp3) is 0.273. The van der Waals surface area contributed by atoms with Gasteiger partial charge in [0.2, 0.25) is 0 Å². The van der Waals surface area contributed by atoms with E-state index in [4.69, 9.17) is 6.42 Å². The zero-order chi connectivity index (χ0) is 10.3. The van der Waals surface area contributed by atoms with Gasteiger partial charge in [-0.05, 0) is 25.0 Å². The summed E-state index contributed by atoms with van der Waals surface area (Å²) in [6.07, 6.45) is 6.21. The van der Waals surface area contributed by atoms with Crippen molar-refractivity contribution >= 4 is 0 Å². The van der Waals surface area contributed by atoms with E-state index in [-0.39, 0.29) is 5.56 Å². The summed E-state index contributed by atoms with van der Waals surface area (Å²) in [5, 5.41) is 0. The standard InChI is InChI=1S/C11H7F3/c1-2-11(5-6-11)9-7(12)3-4-8(13)10(9)14/h1,3-4H,5-6H2. The predicted octanol–water partition coefficient (Wildman–Crippen LogP) is 2.77. The van der Waals surface area contributed by atoms with Gasteiger partial charge in [0.1, 0.15) is 5.82 Å². The number of hydrogen-bond donors (Lipinski definition) is 0. The molecule has 1 aromatic carbocycles. The Morgan fingerprint density at radius 2 is 1.71 bits per heavy atom. The van der Waals surface area contributed by atoms with Gasteiger partial charge >= 0.3 is 0 Å². The molecule has 0 nitrogen and oxygen atoms in total. The zero-order valence-corrected chi connectivity index (χ0v) is 7.28. The summed E-state index contributed by atoms with van der Waals surface area (Å²) in [5.74, 6) is -0.639. The third-order valence-corrected chi connectivity index (χ3v) is 2.55. The average molecular weight is 196 g/mol. The lowest BCUT2D eigenvalue weighted by molar-refractivity contribution is 0.473. The summed E-state index contributed by atoms with van der Waals surface area (Å²) in [7, 11) is 0. The van der Waals surface area contributed by atoms with E-state index in [1.165, 1.54) is 0 Å². The maximum Gasteiger partial charge on any atom is 0.166 e. The van der Waals surface area contributed by atoms with Crippen molar-refractivity contribution in [3.05, 3.63) is 35.1 Å². The molecular formula is C11H7F3. The van der Waals surface area contributed by atoms with Crippen molar-refractivity contribution in [1.29, 1.82) is 0 Å². The molecule has 3 heteroatoms. The Morgan fingerprint density at radius 3 is 2.21 bits per heavy atom. The van der Waals surface area contributed by atoms with Gasteiger partial charge in [-0.2, -0.15) is 0 Å². The van der Waals surface area contributed by atoms with E-state index in [9.17, 15) is 13.2 Å². The molecule has 1 aliphatic rings. The van der Waals surface area contributed by atoms with E-state index in [0.717, 1.165) is 12.1 Å². The van der Waals surface area contributed by atoms with Crippen LogP contribution in [0.3, 0.4) is 0 Å². The van der Waals surface area contributed by atoms with Crippen LogP contribution in [0.25, 0.3) is 0 Å². The van der Waals surface area contributed by atoms with E-state index in [0.29, 0.717) is 12.8 Å². The molecule has 0 N–H and O–H groups in total. The number of halogens is 3. The van der Waals surface area contributed by atoms with Crippen LogP contribution < -0.4 is 0 Å². The molecule has 1 aromatic rings. The zero-order valence-electron chi connectivity index (χ0n) is 7.28. The van der Waals surface area contributed by atoms with Crippen LogP contribution in [-0.2, 0) is 5.41 Å². The second-order valence-corrected chi connectivity index (χ2v) is 3.44. The second-order valence-electron chi connectivity index (χ2n) is 3.44. The Morgan fingerprint density at radius 1 is 1.14 bits per heavy atom. The molecule has 14 heavy (non-hydrogen) atoms. The minimum atomic E-state index is -1.15. The highest BCUT2D eigenvalue weighted by atomic mass is 19.2. The normalized spacial score (nSPS) is 17.6. The smallest absolute Gasteiger partial charge is 0.166 e. The molecule has 0 amide bonds. The van der Waals surface area contributed by atoms with Gasteiger partial charge in [-0.3, -0.25) is 0 Å². The predicted molar refractivity (Wildman–Crippen MR) is 46.1 cm³/mol. The molecule has 0 saturated heterocycles. The lowest BCUT2D eigenvalue weighted by Gasteiger charge is -2.10. The Hall–Kier alpha value is -1.43. The van der Waals surface area contributed by atoms with Crippen LogP contribution in [0.5, 0.6) is 0 Å². The summed E-state index contributed by atoms with van der Waals surface area (Å²) in [5.41, 5.74) is -1.20. The fourth-order valence-electron chi connectivity index (χ4n) is 1.56. The Labute approximate surface area is 79.7 Å². The molecule has 0 radical (unpaired) electrons. The van der Waals surface area contributed by atoms with Crippen LogP contribution >= 0.6 is 0 Å². The Bertz CT molecular complexity index is 425. The summed E-state index contributed by atoms with van der Waals surface area (Å²) in [4.78, 5) is 0. The third-order valence-electron chi connectivity index (χ3n) is 2.55. The lowest BCUT2D eigenvalue weighted by Crippen LogP contribution is -2.10. The van der Waals surface area contributed by atoms with E-state index in [1.54, 1.807) is 0 Å². The fourth-order valence-corrected chi connectivity index (χ4v) is 1.56. The molecular weight excluding hydrogens is 189 g/mol. The van der Waals surface area contributed by atoms with Gasteiger partial charge in [0.25, 0.3) is 0 Å². The number of rotatable bonds is 1. The van der Waals surface area contributed by atoms with Crippen LogP contribution in [0.1, 0.15) is 18.4 Å². The lowest BCUT2D eigenvalue weighted by atomic mass is 9.95. The molecule has 0 heterocycles. The number of hydrogen-bond acceptors (Lipinski definition) is 0. The topological polar surface area (TPSA) is 0 Å². The van der Waals surface area contributed by atoms with Gasteiger partial charge in [0.05, 0.1) is 5.41 Å². The second kappa shape index (κ2) is 2.78. The van der Waals surface area contributed by atoms with E-state index >= 15 is 0 Å². The highest BCUT2D eigenvalue weighted by molar-refractivity contribution is 5.42. The highest BCUT2D eigenvalue weighted by Gasteiger charge is 2.47. The first kappa shape index (κ1) is 9.14. The highest BCUT2D eigenvalue weighted by Crippen LogP contribution is 2.49. The van der Waals surface area contributed by atoms with Crippen molar-refractivity contribution in [3.63, 3.8) is 0 Å². The molecule has 0 aromatic heterocycles. The first-order valence-corrected chi connectivity index (χ1v) is 4.22. The van der Waals surface area contributed by atoms with Gasteiger partial charge in [0, 0.05) is 5.56 Å². The molecule has 2 rings (SSSR count). The number of terminal acetylenes is 1. The monoisotopic (exact) mass is 196 g/mol. The van der Waals surface area contributed by atoms with Crippen molar-refractivity contribution in [3.8, 4) is 12.3 Å². The van der Waals surface area contributed by atoms with Gasteiger partial charge in [-0.15, -0.1) is 6.42 Å². The average Bonchev–Trinajstić information content (AvgIpc) is 2.93. The van der Waals surface area contributed by atoms with Crippen molar-refractivity contribution in [2.75, 3.05) is 0 Å². The van der Waals surface area contributed by atoms with Gasteiger partial charge < -0.3 is 0 Å². The van der Waals surface area contributed by atoms with Crippen molar-refractivity contribution in [1.82, 2.24) is 0 Å². The summed E-state index contributed by atoms with van der Waals surface area (Å²) < 4.78 is 39.4. The van der Waals surface area contributed by atoms with E-state index in [2.05, 4.69) is 5.92 Å².